The van der Waals surface area contributed by atoms with Gasteiger partial charge in [0.2, 0.25) is 5.91 Å². The second kappa shape index (κ2) is 6.71. The van der Waals surface area contributed by atoms with Gasteiger partial charge < -0.3 is 16.2 Å². The Hall–Kier alpha value is -0.610. The van der Waals surface area contributed by atoms with E-state index >= 15 is 0 Å². The molecule has 1 amide bonds. The maximum atomic E-state index is 12.5. The first kappa shape index (κ1) is 14.8. The Morgan fingerprint density at radius 3 is 2.42 bits per heavy atom. The molecule has 2 aliphatic rings. The summed E-state index contributed by atoms with van der Waals surface area (Å²) in [5.74, 6) is 0.595. The molecule has 110 valence electrons. The molecule has 0 heterocycles. The highest BCUT2D eigenvalue weighted by Crippen LogP contribution is 2.34. The molecule has 0 bridgehead atoms. The maximum absolute atomic E-state index is 12.5. The van der Waals surface area contributed by atoms with E-state index in [1.54, 1.807) is 0 Å². The smallest absolute Gasteiger partial charge is 0.227 e. The number of carbonyl (C=O) groups is 1. The van der Waals surface area contributed by atoms with Gasteiger partial charge in [-0.15, -0.1) is 0 Å². The predicted molar refractivity (Wildman–Crippen MR) is 75.5 cm³/mol. The van der Waals surface area contributed by atoms with Crippen molar-refractivity contribution in [3.05, 3.63) is 0 Å². The van der Waals surface area contributed by atoms with E-state index in [1.165, 1.54) is 12.8 Å². The first-order chi connectivity index (χ1) is 9.16. The van der Waals surface area contributed by atoms with Gasteiger partial charge >= 0.3 is 0 Å². The second-order valence-electron chi connectivity index (χ2n) is 6.44. The Kier molecular flexibility index (Phi) is 5.22. The van der Waals surface area contributed by atoms with Gasteiger partial charge in [-0.3, -0.25) is 4.79 Å². The van der Waals surface area contributed by atoms with Crippen LogP contribution < -0.4 is 11.1 Å². The van der Waals surface area contributed by atoms with E-state index < -0.39 is 0 Å². The Morgan fingerprint density at radius 1 is 1.21 bits per heavy atom. The summed E-state index contributed by atoms with van der Waals surface area (Å²) in [6, 6.07) is 0. The molecule has 0 aliphatic heterocycles. The average molecular weight is 268 g/mol. The van der Waals surface area contributed by atoms with Crippen molar-refractivity contribution in [2.45, 2.75) is 63.9 Å². The van der Waals surface area contributed by atoms with Crippen LogP contribution in [-0.2, 0) is 4.79 Å². The van der Waals surface area contributed by atoms with Gasteiger partial charge in [-0.2, -0.15) is 0 Å². The molecule has 0 aromatic heterocycles. The summed E-state index contributed by atoms with van der Waals surface area (Å²) in [7, 11) is 0. The van der Waals surface area contributed by atoms with Crippen LogP contribution in [0.25, 0.3) is 0 Å². The van der Waals surface area contributed by atoms with E-state index in [0.717, 1.165) is 44.9 Å². The molecule has 2 unspecified atom stereocenters. The SMILES string of the molecule is NCC1(C(=O)NCC2CCC(O)C2)CCCCCC1. The van der Waals surface area contributed by atoms with Gasteiger partial charge in [-0.05, 0) is 38.0 Å². The van der Waals surface area contributed by atoms with Crippen LogP contribution in [0.3, 0.4) is 0 Å². The van der Waals surface area contributed by atoms with Crippen LogP contribution in [0.1, 0.15) is 57.8 Å². The van der Waals surface area contributed by atoms with Gasteiger partial charge in [0.05, 0.1) is 11.5 Å². The molecule has 0 aromatic carbocycles. The quantitative estimate of drug-likeness (QED) is 0.677. The third-order valence-corrected chi connectivity index (χ3v) is 5.00. The van der Waals surface area contributed by atoms with Gasteiger partial charge in [0, 0.05) is 13.1 Å². The van der Waals surface area contributed by atoms with Crippen molar-refractivity contribution in [2.24, 2.45) is 17.1 Å². The normalized spacial score (nSPS) is 30.8. The van der Waals surface area contributed by atoms with Gasteiger partial charge in [0.25, 0.3) is 0 Å². The lowest BCUT2D eigenvalue weighted by atomic mass is 9.79. The fourth-order valence-electron chi connectivity index (χ4n) is 3.59. The van der Waals surface area contributed by atoms with Crippen molar-refractivity contribution in [3.63, 3.8) is 0 Å². The van der Waals surface area contributed by atoms with E-state index in [-0.39, 0.29) is 17.4 Å². The lowest BCUT2D eigenvalue weighted by molar-refractivity contribution is -0.131. The minimum absolute atomic E-state index is 0.151. The molecule has 4 N–H and O–H groups in total. The van der Waals surface area contributed by atoms with Crippen LogP contribution in [0.2, 0.25) is 0 Å². The molecular weight excluding hydrogens is 240 g/mol. The highest BCUT2D eigenvalue weighted by atomic mass is 16.3. The highest BCUT2D eigenvalue weighted by Gasteiger charge is 2.37. The van der Waals surface area contributed by atoms with Crippen molar-refractivity contribution < 1.29 is 9.90 Å². The van der Waals surface area contributed by atoms with Crippen molar-refractivity contribution >= 4 is 5.91 Å². The summed E-state index contributed by atoms with van der Waals surface area (Å²) in [6.45, 7) is 1.17. The van der Waals surface area contributed by atoms with Gasteiger partial charge in [-0.1, -0.05) is 25.7 Å². The predicted octanol–water partition coefficient (Wildman–Crippen LogP) is 1.56. The summed E-state index contributed by atoms with van der Waals surface area (Å²) in [4.78, 5) is 12.5. The number of amides is 1. The monoisotopic (exact) mass is 268 g/mol. The first-order valence-corrected chi connectivity index (χ1v) is 7.83. The van der Waals surface area contributed by atoms with Crippen molar-refractivity contribution in [3.8, 4) is 0 Å². The number of aliphatic hydroxyl groups excluding tert-OH is 1. The van der Waals surface area contributed by atoms with E-state index in [4.69, 9.17) is 5.73 Å². The maximum Gasteiger partial charge on any atom is 0.227 e. The molecule has 2 atom stereocenters. The molecular formula is C15H28N2O2. The minimum Gasteiger partial charge on any atom is -0.393 e. The number of hydrogen-bond donors (Lipinski definition) is 3. The molecule has 2 aliphatic carbocycles. The average Bonchev–Trinajstić information content (AvgIpc) is 2.69. The highest BCUT2D eigenvalue weighted by molar-refractivity contribution is 5.82. The zero-order valence-corrected chi connectivity index (χ0v) is 11.9. The largest absolute Gasteiger partial charge is 0.393 e. The van der Waals surface area contributed by atoms with Crippen molar-refractivity contribution in [1.29, 1.82) is 0 Å². The van der Waals surface area contributed by atoms with E-state index in [1.807, 2.05) is 0 Å². The number of nitrogens with two attached hydrogens (primary N) is 1. The summed E-state index contributed by atoms with van der Waals surface area (Å²) in [5.41, 5.74) is 5.59. The zero-order valence-electron chi connectivity index (χ0n) is 11.9. The third-order valence-electron chi connectivity index (χ3n) is 5.00. The van der Waals surface area contributed by atoms with Crippen LogP contribution in [0.5, 0.6) is 0 Å². The number of rotatable bonds is 4. The Labute approximate surface area is 116 Å². The van der Waals surface area contributed by atoms with Gasteiger partial charge in [0.15, 0.2) is 0 Å². The van der Waals surface area contributed by atoms with Crippen LogP contribution in [0.4, 0.5) is 0 Å². The Balaban J connectivity index is 1.85. The lowest BCUT2D eigenvalue weighted by Gasteiger charge is -2.30. The van der Waals surface area contributed by atoms with Crippen LogP contribution in [-0.4, -0.2) is 30.2 Å². The summed E-state index contributed by atoms with van der Waals surface area (Å²) < 4.78 is 0. The molecule has 4 nitrogen and oxygen atoms in total. The molecule has 2 saturated carbocycles. The fraction of sp³-hybridized carbons (Fsp3) is 0.933. The first-order valence-electron chi connectivity index (χ1n) is 7.83. The molecule has 0 radical (unpaired) electrons. The number of carbonyl (C=O) groups excluding carboxylic acids is 1. The van der Waals surface area contributed by atoms with Gasteiger partial charge in [0.1, 0.15) is 0 Å². The van der Waals surface area contributed by atoms with Gasteiger partial charge in [-0.25, -0.2) is 0 Å². The van der Waals surface area contributed by atoms with Crippen LogP contribution in [0, 0.1) is 11.3 Å². The molecule has 0 saturated heterocycles. The van der Waals surface area contributed by atoms with E-state index in [2.05, 4.69) is 5.32 Å². The molecule has 4 heteroatoms. The minimum atomic E-state index is -0.326. The molecule has 0 spiro atoms. The Morgan fingerprint density at radius 2 is 1.89 bits per heavy atom. The Bertz CT molecular complexity index is 299. The van der Waals surface area contributed by atoms with Crippen LogP contribution >= 0.6 is 0 Å². The van der Waals surface area contributed by atoms with E-state index in [0.29, 0.717) is 19.0 Å². The standard InChI is InChI=1S/C15H28N2O2/c16-11-15(7-3-1-2-4-8-15)14(19)17-10-12-5-6-13(18)9-12/h12-13,18H,1-11,16H2,(H,17,19). The van der Waals surface area contributed by atoms with E-state index in [9.17, 15) is 9.90 Å². The molecule has 2 fully saturated rings. The second-order valence-corrected chi connectivity index (χ2v) is 6.44. The molecule has 2 rings (SSSR count). The summed E-state index contributed by atoms with van der Waals surface area (Å²) >= 11 is 0. The zero-order chi connectivity index (χ0) is 13.7. The number of nitrogens with one attached hydrogen (secondary N) is 1. The number of aliphatic hydroxyl groups is 1. The molecule has 0 aromatic rings. The summed E-state index contributed by atoms with van der Waals surface area (Å²) in [6.07, 6.45) is 9.12. The van der Waals surface area contributed by atoms with Crippen LogP contribution in [0.15, 0.2) is 0 Å². The third kappa shape index (κ3) is 3.69. The van der Waals surface area contributed by atoms with Crippen molar-refractivity contribution in [2.75, 3.05) is 13.1 Å². The topological polar surface area (TPSA) is 75.4 Å². The summed E-state index contributed by atoms with van der Waals surface area (Å²) in [5, 5.41) is 12.6. The fourth-order valence-corrected chi connectivity index (χ4v) is 3.59. The van der Waals surface area contributed by atoms with Crippen molar-refractivity contribution in [1.82, 2.24) is 5.32 Å². The lowest BCUT2D eigenvalue weighted by Crippen LogP contribution is -2.46. The molecule has 19 heavy (non-hydrogen) atoms. The number of hydrogen-bond acceptors (Lipinski definition) is 3.